The van der Waals surface area contributed by atoms with E-state index in [0.29, 0.717) is 18.1 Å². The van der Waals surface area contributed by atoms with Crippen molar-refractivity contribution < 1.29 is 4.79 Å². The number of halogens is 1. The topological polar surface area (TPSA) is 17.1 Å². The maximum absolute atomic E-state index is 11.0. The van der Waals surface area contributed by atoms with E-state index in [9.17, 15) is 4.79 Å². The van der Waals surface area contributed by atoms with Gasteiger partial charge in [0.1, 0.15) is 5.78 Å². The van der Waals surface area contributed by atoms with Crippen LogP contribution in [0.3, 0.4) is 0 Å². The van der Waals surface area contributed by atoms with E-state index in [-0.39, 0.29) is 0 Å². The van der Waals surface area contributed by atoms with Crippen molar-refractivity contribution in [2.75, 3.05) is 5.88 Å². The molecule has 1 nitrogen and oxygen atoms in total. The smallest absolute Gasteiger partial charge is 0.134 e. The summed E-state index contributed by atoms with van der Waals surface area (Å²) in [5, 5.41) is 0. The van der Waals surface area contributed by atoms with Crippen molar-refractivity contribution in [3.05, 3.63) is 0 Å². The Morgan fingerprint density at radius 1 is 1.08 bits per heavy atom. The summed E-state index contributed by atoms with van der Waals surface area (Å²) in [7, 11) is 0. The maximum atomic E-state index is 11.0. The van der Waals surface area contributed by atoms with E-state index in [2.05, 4.69) is 6.92 Å². The Hall–Kier alpha value is -0.0400. The van der Waals surface area contributed by atoms with E-state index in [4.69, 9.17) is 11.6 Å². The molecule has 0 fully saturated rings. The fraction of sp³-hybridized carbons (Fsp3) is 0.900. The molecule has 0 aromatic rings. The molecule has 0 aliphatic carbocycles. The van der Waals surface area contributed by atoms with Crippen LogP contribution in [0, 0.1) is 0 Å². The normalized spacial score (nSPS) is 10.2. The molecule has 0 heterocycles. The molecule has 0 unspecified atom stereocenters. The molecule has 0 atom stereocenters. The van der Waals surface area contributed by atoms with Crippen LogP contribution in [0.1, 0.15) is 51.9 Å². The molecule has 0 N–H and O–H groups in total. The molecule has 0 amide bonds. The summed E-state index contributed by atoms with van der Waals surface area (Å²) in [4.78, 5) is 11.0. The second-order valence-corrected chi connectivity index (χ2v) is 3.52. The summed E-state index contributed by atoms with van der Waals surface area (Å²) in [5.74, 6) is 0.801. The number of carbonyl (C=O) groups excluding carboxylic acids is 1. The molecule has 2 heteroatoms. The zero-order chi connectivity index (χ0) is 9.23. The number of alkyl halides is 1. The first-order valence-electron chi connectivity index (χ1n) is 4.89. The zero-order valence-corrected chi connectivity index (χ0v) is 8.70. The lowest BCUT2D eigenvalue weighted by atomic mass is 10.1. The van der Waals surface area contributed by atoms with Gasteiger partial charge in [0.2, 0.25) is 0 Å². The van der Waals surface area contributed by atoms with Gasteiger partial charge in [0.25, 0.3) is 0 Å². The molecule has 0 aliphatic rings. The number of carbonyl (C=O) groups is 1. The summed E-state index contributed by atoms with van der Waals surface area (Å²) in [5.41, 5.74) is 0. The summed E-state index contributed by atoms with van der Waals surface area (Å²) < 4.78 is 0. The predicted octanol–water partition coefficient (Wildman–Crippen LogP) is 3.54. The summed E-state index contributed by atoms with van der Waals surface area (Å²) in [6, 6.07) is 0. The van der Waals surface area contributed by atoms with Gasteiger partial charge in [0.15, 0.2) is 0 Å². The van der Waals surface area contributed by atoms with Crippen LogP contribution < -0.4 is 0 Å². The molecule has 0 aromatic carbocycles. The monoisotopic (exact) mass is 190 g/mol. The predicted molar refractivity (Wildman–Crippen MR) is 53.7 cm³/mol. The van der Waals surface area contributed by atoms with Crippen molar-refractivity contribution in [1.29, 1.82) is 0 Å². The Kier molecular flexibility index (Phi) is 9.02. The first-order valence-corrected chi connectivity index (χ1v) is 5.42. The van der Waals surface area contributed by atoms with Crippen molar-refractivity contribution in [1.82, 2.24) is 0 Å². The second-order valence-electron chi connectivity index (χ2n) is 3.14. The maximum Gasteiger partial charge on any atom is 0.134 e. The van der Waals surface area contributed by atoms with Gasteiger partial charge in [-0.3, -0.25) is 4.79 Å². The average Bonchev–Trinajstić information content (AvgIpc) is 2.05. The Labute approximate surface area is 80.5 Å². The Bertz CT molecular complexity index is 112. The summed E-state index contributed by atoms with van der Waals surface area (Å²) >= 11 is 5.44. The van der Waals surface area contributed by atoms with Gasteiger partial charge in [-0.2, -0.15) is 0 Å². The van der Waals surface area contributed by atoms with Gasteiger partial charge in [-0.15, -0.1) is 11.6 Å². The third kappa shape index (κ3) is 8.06. The quantitative estimate of drug-likeness (QED) is 0.423. The van der Waals surface area contributed by atoms with Crippen LogP contribution in [-0.2, 0) is 4.79 Å². The number of unbranched alkanes of at least 4 members (excludes halogenated alkanes) is 4. The van der Waals surface area contributed by atoms with Crippen LogP contribution in [0.5, 0.6) is 0 Å². The van der Waals surface area contributed by atoms with E-state index in [1.807, 2.05) is 0 Å². The highest BCUT2D eigenvalue weighted by Gasteiger charge is 1.99. The molecule has 0 radical (unpaired) electrons. The standard InChI is InChI=1S/C10H19ClO/c1-2-3-4-5-6-7-10(12)8-9-11/h2-9H2,1H3. The van der Waals surface area contributed by atoms with Crippen LogP contribution in [0.4, 0.5) is 0 Å². The van der Waals surface area contributed by atoms with Crippen LogP contribution >= 0.6 is 11.6 Å². The number of hydrogen-bond donors (Lipinski definition) is 0. The number of hydrogen-bond acceptors (Lipinski definition) is 1. The molecule has 0 aromatic heterocycles. The van der Waals surface area contributed by atoms with Gasteiger partial charge >= 0.3 is 0 Å². The largest absolute Gasteiger partial charge is 0.300 e. The van der Waals surface area contributed by atoms with Gasteiger partial charge in [-0.05, 0) is 6.42 Å². The zero-order valence-electron chi connectivity index (χ0n) is 7.94. The van der Waals surface area contributed by atoms with Crippen molar-refractivity contribution in [3.63, 3.8) is 0 Å². The minimum Gasteiger partial charge on any atom is -0.300 e. The van der Waals surface area contributed by atoms with Crippen LogP contribution in [0.15, 0.2) is 0 Å². The average molecular weight is 191 g/mol. The van der Waals surface area contributed by atoms with E-state index < -0.39 is 0 Å². The molecule has 0 spiro atoms. The molecule has 12 heavy (non-hydrogen) atoms. The van der Waals surface area contributed by atoms with Crippen molar-refractivity contribution in [2.45, 2.75) is 51.9 Å². The SMILES string of the molecule is CCCCCCCC(=O)CCCl. The second kappa shape index (κ2) is 9.05. The highest BCUT2D eigenvalue weighted by Crippen LogP contribution is 2.06. The van der Waals surface area contributed by atoms with Gasteiger partial charge in [0, 0.05) is 18.7 Å². The first kappa shape index (κ1) is 12.0. The Morgan fingerprint density at radius 2 is 1.75 bits per heavy atom. The third-order valence-electron chi connectivity index (χ3n) is 1.93. The summed E-state index contributed by atoms with van der Waals surface area (Å²) in [6.45, 7) is 2.19. The van der Waals surface area contributed by atoms with E-state index in [1.165, 1.54) is 25.7 Å². The molecule has 0 saturated carbocycles. The number of Topliss-reactive ketones (excluding diaryl/α,β-unsaturated/α-hetero) is 1. The lowest BCUT2D eigenvalue weighted by Crippen LogP contribution is -1.97. The molecule has 0 rings (SSSR count). The molecule has 0 saturated heterocycles. The highest BCUT2D eigenvalue weighted by molar-refractivity contribution is 6.19. The number of ketones is 1. The molecule has 0 aliphatic heterocycles. The molecule has 0 bridgehead atoms. The van der Waals surface area contributed by atoms with Crippen molar-refractivity contribution in [3.8, 4) is 0 Å². The van der Waals surface area contributed by atoms with E-state index in [0.717, 1.165) is 12.8 Å². The van der Waals surface area contributed by atoms with Gasteiger partial charge < -0.3 is 0 Å². The first-order chi connectivity index (χ1) is 5.81. The van der Waals surface area contributed by atoms with E-state index >= 15 is 0 Å². The van der Waals surface area contributed by atoms with Gasteiger partial charge in [-0.1, -0.05) is 32.6 Å². The Morgan fingerprint density at radius 3 is 2.33 bits per heavy atom. The lowest BCUT2D eigenvalue weighted by molar-refractivity contribution is -0.118. The van der Waals surface area contributed by atoms with Crippen molar-refractivity contribution in [2.24, 2.45) is 0 Å². The van der Waals surface area contributed by atoms with E-state index in [1.54, 1.807) is 0 Å². The van der Waals surface area contributed by atoms with Crippen LogP contribution in [0.2, 0.25) is 0 Å². The van der Waals surface area contributed by atoms with Crippen molar-refractivity contribution >= 4 is 17.4 Å². The highest BCUT2D eigenvalue weighted by atomic mass is 35.5. The fourth-order valence-electron chi connectivity index (χ4n) is 1.16. The number of rotatable bonds is 8. The Balaban J connectivity index is 3.03. The molecule has 72 valence electrons. The van der Waals surface area contributed by atoms with Crippen LogP contribution in [-0.4, -0.2) is 11.7 Å². The van der Waals surface area contributed by atoms with Gasteiger partial charge in [0.05, 0.1) is 0 Å². The fourth-order valence-corrected chi connectivity index (χ4v) is 1.37. The third-order valence-corrected chi connectivity index (χ3v) is 2.12. The molecular weight excluding hydrogens is 172 g/mol. The minimum atomic E-state index is 0.321. The minimum absolute atomic E-state index is 0.321. The lowest BCUT2D eigenvalue weighted by Gasteiger charge is -1.98. The molecular formula is C10H19ClO. The van der Waals surface area contributed by atoms with Gasteiger partial charge in [-0.25, -0.2) is 0 Å². The summed E-state index contributed by atoms with van der Waals surface area (Å²) in [6.07, 6.45) is 7.35. The van der Waals surface area contributed by atoms with Crippen LogP contribution in [0.25, 0.3) is 0 Å².